The Labute approximate surface area is 124 Å². The smallest absolute Gasteiger partial charge is 0.291 e. The molecule has 1 aromatic carbocycles. The first-order valence-electron chi connectivity index (χ1n) is 5.70. The van der Waals surface area contributed by atoms with Crippen LogP contribution in [0, 0.1) is 10.1 Å². The second-order valence-corrected chi connectivity index (χ2v) is 6.56. The van der Waals surface area contributed by atoms with E-state index >= 15 is 0 Å². The molecule has 0 saturated heterocycles. The van der Waals surface area contributed by atoms with E-state index in [1.54, 1.807) is 11.4 Å². The predicted molar refractivity (Wildman–Crippen MR) is 79.3 cm³/mol. The van der Waals surface area contributed by atoms with E-state index in [1.807, 2.05) is 5.38 Å². The number of nitrogens with one attached hydrogen (secondary N) is 2. The summed E-state index contributed by atoms with van der Waals surface area (Å²) < 4.78 is 26.7. The van der Waals surface area contributed by atoms with Gasteiger partial charge in [0.2, 0.25) is 10.0 Å². The van der Waals surface area contributed by atoms with Crippen LogP contribution in [0.25, 0.3) is 0 Å². The normalized spacial score (nSPS) is 11.3. The van der Waals surface area contributed by atoms with E-state index in [4.69, 9.17) is 5.84 Å². The molecule has 0 amide bonds. The van der Waals surface area contributed by atoms with E-state index < -0.39 is 25.5 Å². The van der Waals surface area contributed by atoms with Gasteiger partial charge < -0.3 is 5.43 Å². The van der Waals surface area contributed by atoms with Crippen LogP contribution in [-0.4, -0.2) is 13.3 Å². The molecule has 0 radical (unpaired) electrons. The summed E-state index contributed by atoms with van der Waals surface area (Å²) in [5.74, 6) is 5.16. The number of rotatable bonds is 6. The zero-order valence-electron chi connectivity index (χ0n) is 10.6. The van der Waals surface area contributed by atoms with E-state index in [0.717, 1.165) is 17.7 Å². The molecule has 0 fully saturated rings. The molecule has 21 heavy (non-hydrogen) atoms. The van der Waals surface area contributed by atoms with Crippen LogP contribution in [0.15, 0.2) is 39.9 Å². The van der Waals surface area contributed by atoms with Crippen molar-refractivity contribution < 1.29 is 13.3 Å². The second kappa shape index (κ2) is 6.18. The number of hydrazine groups is 1. The third kappa shape index (κ3) is 3.55. The number of nitrogens with zero attached hydrogens (tertiary/aromatic N) is 1. The largest absolute Gasteiger partial charge is 0.324 e. The highest BCUT2D eigenvalue weighted by Gasteiger charge is 2.25. The Morgan fingerprint density at radius 1 is 1.33 bits per heavy atom. The van der Waals surface area contributed by atoms with Crippen LogP contribution in [0.3, 0.4) is 0 Å². The standard InChI is InChI=1S/C11H12N4O4S2/c12-14-9-1-2-11(10(5-9)15(16)17)21(18,19)13-6-8-3-4-20-7-8/h1-5,7,13-14H,6,12H2. The Morgan fingerprint density at radius 3 is 2.67 bits per heavy atom. The molecule has 112 valence electrons. The summed E-state index contributed by atoms with van der Waals surface area (Å²) in [6.45, 7) is 0.0693. The SMILES string of the molecule is NNc1ccc(S(=O)(=O)NCc2ccsc2)c([N+](=O)[O-])c1. The monoisotopic (exact) mass is 328 g/mol. The van der Waals surface area contributed by atoms with Gasteiger partial charge in [-0.05, 0) is 34.5 Å². The Kier molecular flexibility index (Phi) is 4.53. The minimum absolute atomic E-state index is 0.0693. The molecular formula is C11H12N4O4S2. The zero-order valence-corrected chi connectivity index (χ0v) is 12.3. The summed E-state index contributed by atoms with van der Waals surface area (Å²) in [5.41, 5.74) is 2.73. The van der Waals surface area contributed by atoms with E-state index in [2.05, 4.69) is 10.1 Å². The number of nitrogen functional groups attached to an aromatic ring is 1. The minimum atomic E-state index is -3.99. The Hall–Kier alpha value is -2.01. The molecule has 1 heterocycles. The van der Waals surface area contributed by atoms with Gasteiger partial charge >= 0.3 is 0 Å². The van der Waals surface area contributed by atoms with Crippen LogP contribution in [0.1, 0.15) is 5.56 Å². The third-order valence-electron chi connectivity index (χ3n) is 2.66. The van der Waals surface area contributed by atoms with Crippen molar-refractivity contribution in [2.75, 3.05) is 5.43 Å². The fourth-order valence-corrected chi connectivity index (χ4v) is 3.46. The minimum Gasteiger partial charge on any atom is -0.324 e. The molecule has 0 aliphatic carbocycles. The highest BCUT2D eigenvalue weighted by molar-refractivity contribution is 7.89. The van der Waals surface area contributed by atoms with Gasteiger partial charge in [-0.2, -0.15) is 11.3 Å². The van der Waals surface area contributed by atoms with Gasteiger partial charge in [-0.3, -0.25) is 16.0 Å². The highest BCUT2D eigenvalue weighted by atomic mass is 32.2. The molecule has 10 heteroatoms. The lowest BCUT2D eigenvalue weighted by Crippen LogP contribution is -2.24. The van der Waals surface area contributed by atoms with Crippen LogP contribution in [0.2, 0.25) is 0 Å². The Balaban J connectivity index is 2.32. The lowest BCUT2D eigenvalue weighted by molar-refractivity contribution is -0.387. The predicted octanol–water partition coefficient (Wildman–Crippen LogP) is 1.42. The Bertz CT molecular complexity index is 744. The van der Waals surface area contributed by atoms with Crippen molar-refractivity contribution in [2.24, 2.45) is 5.84 Å². The van der Waals surface area contributed by atoms with Crippen molar-refractivity contribution in [1.29, 1.82) is 0 Å². The number of nitro groups is 1. The number of anilines is 1. The van der Waals surface area contributed by atoms with E-state index in [1.165, 1.54) is 17.4 Å². The molecule has 0 spiro atoms. The summed E-state index contributed by atoms with van der Waals surface area (Å²) >= 11 is 1.43. The average molecular weight is 328 g/mol. The van der Waals surface area contributed by atoms with Crippen LogP contribution in [0.5, 0.6) is 0 Å². The number of hydrogen-bond acceptors (Lipinski definition) is 7. The molecule has 0 atom stereocenters. The number of nitro benzene ring substituents is 1. The molecule has 4 N–H and O–H groups in total. The van der Waals surface area contributed by atoms with Gasteiger partial charge in [-0.15, -0.1) is 0 Å². The molecule has 0 aliphatic heterocycles. The molecular weight excluding hydrogens is 316 g/mol. The maximum atomic E-state index is 12.2. The zero-order chi connectivity index (χ0) is 15.5. The van der Waals surface area contributed by atoms with Gasteiger partial charge in [0.25, 0.3) is 5.69 Å². The van der Waals surface area contributed by atoms with Gasteiger partial charge in [0.15, 0.2) is 4.90 Å². The molecule has 0 bridgehead atoms. The molecule has 0 unspecified atom stereocenters. The van der Waals surface area contributed by atoms with Gasteiger partial charge in [0.1, 0.15) is 0 Å². The summed E-state index contributed by atoms with van der Waals surface area (Å²) in [6.07, 6.45) is 0. The first kappa shape index (κ1) is 15.4. The Morgan fingerprint density at radius 2 is 2.10 bits per heavy atom. The van der Waals surface area contributed by atoms with E-state index in [0.29, 0.717) is 0 Å². The van der Waals surface area contributed by atoms with E-state index in [9.17, 15) is 18.5 Å². The number of benzene rings is 1. The molecule has 2 aromatic rings. The van der Waals surface area contributed by atoms with Gasteiger partial charge in [0, 0.05) is 12.6 Å². The highest BCUT2D eigenvalue weighted by Crippen LogP contribution is 2.27. The van der Waals surface area contributed by atoms with E-state index in [-0.39, 0.29) is 12.2 Å². The topological polar surface area (TPSA) is 127 Å². The average Bonchev–Trinajstić information content (AvgIpc) is 2.98. The van der Waals surface area contributed by atoms with Crippen LogP contribution in [-0.2, 0) is 16.6 Å². The van der Waals surface area contributed by atoms with Gasteiger partial charge in [0.05, 0.1) is 10.6 Å². The first-order valence-corrected chi connectivity index (χ1v) is 8.12. The maximum absolute atomic E-state index is 12.2. The molecule has 0 saturated carbocycles. The van der Waals surface area contributed by atoms with Crippen molar-refractivity contribution in [3.05, 3.63) is 50.7 Å². The molecule has 1 aromatic heterocycles. The molecule has 8 nitrogen and oxygen atoms in total. The summed E-state index contributed by atoms with van der Waals surface area (Å²) in [4.78, 5) is 9.85. The number of sulfonamides is 1. The molecule has 2 rings (SSSR count). The van der Waals surface area contributed by atoms with Crippen LogP contribution >= 0.6 is 11.3 Å². The first-order chi connectivity index (χ1) is 9.94. The summed E-state index contributed by atoms with van der Waals surface area (Å²) in [6, 6.07) is 5.33. The van der Waals surface area contributed by atoms with Gasteiger partial charge in [-0.25, -0.2) is 13.1 Å². The number of hydrogen-bond donors (Lipinski definition) is 3. The van der Waals surface area contributed by atoms with Crippen molar-refractivity contribution in [1.82, 2.24) is 4.72 Å². The van der Waals surface area contributed by atoms with Crippen molar-refractivity contribution in [3.63, 3.8) is 0 Å². The van der Waals surface area contributed by atoms with Crippen molar-refractivity contribution >= 4 is 32.7 Å². The van der Waals surface area contributed by atoms with Crippen LogP contribution in [0.4, 0.5) is 11.4 Å². The lowest BCUT2D eigenvalue weighted by atomic mass is 10.3. The van der Waals surface area contributed by atoms with Crippen molar-refractivity contribution in [2.45, 2.75) is 11.4 Å². The lowest BCUT2D eigenvalue weighted by Gasteiger charge is -2.08. The van der Waals surface area contributed by atoms with Gasteiger partial charge in [-0.1, -0.05) is 0 Å². The van der Waals surface area contributed by atoms with Crippen molar-refractivity contribution in [3.8, 4) is 0 Å². The number of thiophene rings is 1. The second-order valence-electron chi connectivity index (χ2n) is 4.04. The fourth-order valence-electron chi connectivity index (χ4n) is 1.63. The maximum Gasteiger partial charge on any atom is 0.291 e. The summed E-state index contributed by atoms with van der Waals surface area (Å²) in [5, 5.41) is 14.6. The van der Waals surface area contributed by atoms with Crippen LogP contribution < -0.4 is 16.0 Å². The quantitative estimate of drug-likeness (QED) is 0.418. The third-order valence-corrected chi connectivity index (χ3v) is 4.84. The number of nitrogens with two attached hydrogens (primary N) is 1. The summed E-state index contributed by atoms with van der Waals surface area (Å²) in [7, 11) is -3.99. The fraction of sp³-hybridized carbons (Fsp3) is 0.0909. The molecule has 0 aliphatic rings.